The molecule has 2 aromatic rings. The first-order chi connectivity index (χ1) is 8.82. The summed E-state index contributed by atoms with van der Waals surface area (Å²) in [4.78, 5) is 4.51. The molecular weight excluding hydrogens is 226 g/mol. The van der Waals surface area contributed by atoms with Gasteiger partial charge in [-0.25, -0.2) is 0 Å². The van der Waals surface area contributed by atoms with Crippen LogP contribution in [-0.2, 0) is 11.8 Å². The van der Waals surface area contributed by atoms with Gasteiger partial charge in [0.2, 0.25) is 5.89 Å². The van der Waals surface area contributed by atoms with E-state index >= 15 is 0 Å². The molecule has 3 rings (SSSR count). The molecule has 2 N–H and O–H groups in total. The van der Waals surface area contributed by atoms with Crippen molar-refractivity contribution in [3.05, 3.63) is 47.6 Å². The van der Waals surface area contributed by atoms with Crippen LogP contribution >= 0.6 is 0 Å². The van der Waals surface area contributed by atoms with Gasteiger partial charge in [0.15, 0.2) is 5.82 Å². The third kappa shape index (κ3) is 1.93. The Morgan fingerprint density at radius 3 is 2.61 bits per heavy atom. The maximum atomic E-state index is 5.83. The molecule has 1 aromatic heterocycles. The first kappa shape index (κ1) is 11.4. The van der Waals surface area contributed by atoms with Gasteiger partial charge in [-0.1, -0.05) is 41.9 Å². The maximum Gasteiger partial charge on any atom is 0.234 e. The van der Waals surface area contributed by atoms with Gasteiger partial charge in [0.1, 0.15) is 0 Å². The summed E-state index contributed by atoms with van der Waals surface area (Å²) in [6, 6.07) is 10.2. The Balaban J connectivity index is 1.78. The van der Waals surface area contributed by atoms with E-state index in [1.54, 1.807) is 0 Å². The summed E-state index contributed by atoms with van der Waals surface area (Å²) in [5.74, 6) is 1.47. The predicted molar refractivity (Wildman–Crippen MR) is 68.1 cm³/mol. The number of hydrogen-bond donors (Lipinski definition) is 1. The molecule has 4 nitrogen and oxygen atoms in total. The Morgan fingerprint density at radius 1 is 1.22 bits per heavy atom. The van der Waals surface area contributed by atoms with Crippen molar-refractivity contribution in [1.82, 2.24) is 10.1 Å². The van der Waals surface area contributed by atoms with Crippen molar-refractivity contribution in [2.75, 3.05) is 6.54 Å². The van der Waals surface area contributed by atoms with E-state index in [1.165, 1.54) is 12.0 Å². The maximum absolute atomic E-state index is 5.83. The van der Waals surface area contributed by atoms with Crippen molar-refractivity contribution in [2.24, 2.45) is 5.73 Å². The summed E-state index contributed by atoms with van der Waals surface area (Å²) < 4.78 is 5.39. The Kier molecular flexibility index (Phi) is 2.88. The number of nitrogens with two attached hydrogens (primary N) is 1. The van der Waals surface area contributed by atoms with Gasteiger partial charge in [0, 0.05) is 13.0 Å². The Hall–Kier alpha value is -1.68. The van der Waals surface area contributed by atoms with Crippen molar-refractivity contribution in [3.8, 4) is 0 Å². The fraction of sp³-hybridized carbons (Fsp3) is 0.429. The van der Waals surface area contributed by atoms with E-state index in [1.807, 2.05) is 18.2 Å². The molecule has 0 saturated heterocycles. The lowest BCUT2D eigenvalue weighted by Gasteiger charge is -2.36. The molecule has 4 heteroatoms. The number of benzene rings is 1. The minimum atomic E-state index is -0.0397. The first-order valence-corrected chi connectivity index (χ1v) is 6.39. The highest BCUT2D eigenvalue weighted by atomic mass is 16.5. The second-order valence-electron chi connectivity index (χ2n) is 5.02. The topological polar surface area (TPSA) is 64.9 Å². The van der Waals surface area contributed by atoms with Crippen LogP contribution in [0.2, 0.25) is 0 Å². The molecule has 0 radical (unpaired) electrons. The second-order valence-corrected chi connectivity index (χ2v) is 5.02. The molecule has 1 heterocycles. The molecule has 94 valence electrons. The second kappa shape index (κ2) is 4.53. The van der Waals surface area contributed by atoms with Gasteiger partial charge in [-0.15, -0.1) is 0 Å². The Labute approximate surface area is 106 Å². The van der Waals surface area contributed by atoms with E-state index in [2.05, 4.69) is 22.3 Å². The molecule has 1 aliphatic carbocycles. The van der Waals surface area contributed by atoms with Crippen molar-refractivity contribution in [3.63, 3.8) is 0 Å². The van der Waals surface area contributed by atoms with Gasteiger partial charge in [-0.05, 0) is 18.4 Å². The van der Waals surface area contributed by atoms with Crippen LogP contribution in [0.15, 0.2) is 34.9 Å². The highest BCUT2D eigenvalue weighted by Gasteiger charge is 2.42. The minimum Gasteiger partial charge on any atom is -0.339 e. The smallest absolute Gasteiger partial charge is 0.234 e. The van der Waals surface area contributed by atoms with Crippen LogP contribution in [0.3, 0.4) is 0 Å². The molecule has 0 bridgehead atoms. The van der Waals surface area contributed by atoms with Crippen molar-refractivity contribution in [1.29, 1.82) is 0 Å². The zero-order chi connectivity index (χ0) is 12.4. The quantitative estimate of drug-likeness (QED) is 0.892. The summed E-state index contributed by atoms with van der Waals surface area (Å²) >= 11 is 0. The lowest BCUT2D eigenvalue weighted by Crippen LogP contribution is -2.41. The van der Waals surface area contributed by atoms with Crippen molar-refractivity contribution >= 4 is 0 Å². The van der Waals surface area contributed by atoms with Gasteiger partial charge >= 0.3 is 0 Å². The van der Waals surface area contributed by atoms with Gasteiger partial charge in [-0.3, -0.25) is 0 Å². The molecule has 0 unspecified atom stereocenters. The van der Waals surface area contributed by atoms with Crippen LogP contribution in [0.5, 0.6) is 0 Å². The number of nitrogens with zero attached hydrogens (tertiary/aromatic N) is 2. The van der Waals surface area contributed by atoms with E-state index in [-0.39, 0.29) is 5.41 Å². The molecular formula is C14H17N3O. The number of aromatic nitrogens is 2. The molecule has 1 aromatic carbocycles. The molecule has 0 amide bonds. The zero-order valence-corrected chi connectivity index (χ0v) is 10.3. The van der Waals surface area contributed by atoms with Crippen LogP contribution in [0.25, 0.3) is 0 Å². The summed E-state index contributed by atoms with van der Waals surface area (Å²) in [7, 11) is 0. The van der Waals surface area contributed by atoms with E-state index in [9.17, 15) is 0 Å². The molecule has 0 atom stereocenters. The fourth-order valence-corrected chi connectivity index (χ4v) is 2.43. The standard InChI is InChI=1S/C14H17N3O/c15-10-14(7-4-8-14)13-16-12(17-18-13)9-11-5-2-1-3-6-11/h1-3,5-6H,4,7-10,15H2. The highest BCUT2D eigenvalue weighted by Crippen LogP contribution is 2.41. The van der Waals surface area contributed by atoms with E-state index < -0.39 is 0 Å². The van der Waals surface area contributed by atoms with Crippen LogP contribution in [0, 0.1) is 0 Å². The fourth-order valence-electron chi connectivity index (χ4n) is 2.43. The average molecular weight is 243 g/mol. The molecule has 1 saturated carbocycles. The van der Waals surface area contributed by atoms with E-state index in [0.29, 0.717) is 13.0 Å². The van der Waals surface area contributed by atoms with Crippen molar-refractivity contribution < 1.29 is 4.52 Å². The van der Waals surface area contributed by atoms with Gasteiger partial charge in [0.05, 0.1) is 5.41 Å². The van der Waals surface area contributed by atoms with Crippen molar-refractivity contribution in [2.45, 2.75) is 31.1 Å². The van der Waals surface area contributed by atoms with Crippen LogP contribution < -0.4 is 5.73 Å². The van der Waals surface area contributed by atoms with Gasteiger partial charge < -0.3 is 10.3 Å². The third-order valence-corrected chi connectivity index (χ3v) is 3.83. The number of rotatable bonds is 4. The predicted octanol–water partition coefficient (Wildman–Crippen LogP) is 2.04. The summed E-state index contributed by atoms with van der Waals surface area (Å²) in [6.45, 7) is 0.597. The van der Waals surface area contributed by atoms with Crippen LogP contribution in [-0.4, -0.2) is 16.7 Å². The Morgan fingerprint density at radius 2 is 2.00 bits per heavy atom. The van der Waals surface area contributed by atoms with Gasteiger partial charge in [-0.2, -0.15) is 4.98 Å². The SMILES string of the molecule is NCC1(c2nc(Cc3ccccc3)no2)CCC1. The van der Waals surface area contributed by atoms with Crippen LogP contribution in [0.4, 0.5) is 0 Å². The molecule has 0 spiro atoms. The van der Waals surface area contributed by atoms with E-state index in [4.69, 9.17) is 10.3 Å². The normalized spacial score (nSPS) is 17.4. The lowest BCUT2D eigenvalue weighted by molar-refractivity contribution is 0.181. The summed E-state index contributed by atoms with van der Waals surface area (Å²) in [6.07, 6.45) is 4.05. The summed E-state index contributed by atoms with van der Waals surface area (Å²) in [5.41, 5.74) is 6.99. The average Bonchev–Trinajstić information content (AvgIpc) is 2.79. The minimum absolute atomic E-state index is 0.0397. The first-order valence-electron chi connectivity index (χ1n) is 6.39. The van der Waals surface area contributed by atoms with Crippen LogP contribution in [0.1, 0.15) is 36.5 Å². The van der Waals surface area contributed by atoms with Gasteiger partial charge in [0.25, 0.3) is 0 Å². The largest absolute Gasteiger partial charge is 0.339 e. The molecule has 0 aliphatic heterocycles. The highest BCUT2D eigenvalue weighted by molar-refractivity contribution is 5.19. The molecule has 1 aliphatic rings. The zero-order valence-electron chi connectivity index (χ0n) is 10.3. The lowest BCUT2D eigenvalue weighted by atomic mass is 9.69. The van der Waals surface area contributed by atoms with E-state index in [0.717, 1.165) is 24.6 Å². The Bertz CT molecular complexity index is 511. The number of hydrogen-bond acceptors (Lipinski definition) is 4. The molecule has 1 fully saturated rings. The summed E-state index contributed by atoms with van der Waals surface area (Å²) in [5, 5.41) is 4.07. The third-order valence-electron chi connectivity index (χ3n) is 3.83. The monoisotopic (exact) mass is 243 g/mol. The molecule has 18 heavy (non-hydrogen) atoms.